The van der Waals surface area contributed by atoms with E-state index in [-0.39, 0.29) is 30.7 Å². The van der Waals surface area contributed by atoms with Gasteiger partial charge >= 0.3 is 0 Å². The molecule has 0 aromatic carbocycles. The SMILES string of the molecule is CN1CC(C(=O)NCC(O)c2ccsc2)CC1=O. The van der Waals surface area contributed by atoms with Crippen LogP contribution in [0.1, 0.15) is 18.1 Å². The Morgan fingerprint density at radius 3 is 3.06 bits per heavy atom. The first-order valence-corrected chi connectivity index (χ1v) is 6.74. The molecule has 2 heterocycles. The molecule has 1 saturated heterocycles. The van der Waals surface area contributed by atoms with Crippen LogP contribution in [0.4, 0.5) is 0 Å². The van der Waals surface area contributed by atoms with Crippen molar-refractivity contribution in [3.05, 3.63) is 22.4 Å². The fourth-order valence-electron chi connectivity index (χ4n) is 1.96. The number of hydrogen-bond acceptors (Lipinski definition) is 4. The molecule has 1 aromatic rings. The zero-order valence-electron chi connectivity index (χ0n) is 10.1. The van der Waals surface area contributed by atoms with Crippen LogP contribution in [0.5, 0.6) is 0 Å². The number of nitrogens with zero attached hydrogens (tertiary/aromatic N) is 1. The lowest BCUT2D eigenvalue weighted by Crippen LogP contribution is -2.34. The second-order valence-corrected chi connectivity index (χ2v) is 5.27. The Morgan fingerprint density at radius 1 is 1.72 bits per heavy atom. The quantitative estimate of drug-likeness (QED) is 0.829. The molecule has 2 N–H and O–H groups in total. The number of amides is 2. The highest BCUT2D eigenvalue weighted by atomic mass is 32.1. The van der Waals surface area contributed by atoms with Crippen molar-refractivity contribution < 1.29 is 14.7 Å². The number of likely N-dealkylation sites (tertiary alicyclic amines) is 1. The highest BCUT2D eigenvalue weighted by Crippen LogP contribution is 2.18. The zero-order chi connectivity index (χ0) is 13.1. The minimum atomic E-state index is -0.685. The predicted octanol–water partition coefficient (Wildman–Crippen LogP) is 0.376. The Morgan fingerprint density at radius 2 is 2.50 bits per heavy atom. The topological polar surface area (TPSA) is 69.6 Å². The van der Waals surface area contributed by atoms with Gasteiger partial charge in [0.05, 0.1) is 12.0 Å². The van der Waals surface area contributed by atoms with E-state index >= 15 is 0 Å². The van der Waals surface area contributed by atoms with Gasteiger partial charge in [-0.05, 0) is 22.4 Å². The van der Waals surface area contributed by atoms with E-state index in [0.717, 1.165) is 5.56 Å². The standard InChI is InChI=1S/C12H16N2O3S/c1-14-6-9(4-11(14)16)12(17)13-5-10(15)8-2-3-18-7-8/h2-3,7,9-10,15H,4-6H2,1H3,(H,13,17). The second kappa shape index (κ2) is 5.49. The highest BCUT2D eigenvalue weighted by Gasteiger charge is 2.32. The molecule has 1 aliphatic heterocycles. The Balaban J connectivity index is 1.80. The van der Waals surface area contributed by atoms with Crippen molar-refractivity contribution >= 4 is 23.2 Å². The zero-order valence-corrected chi connectivity index (χ0v) is 10.9. The van der Waals surface area contributed by atoms with Crippen LogP contribution in [0.15, 0.2) is 16.8 Å². The van der Waals surface area contributed by atoms with Crippen molar-refractivity contribution in [1.82, 2.24) is 10.2 Å². The summed E-state index contributed by atoms with van der Waals surface area (Å²) in [6, 6.07) is 1.83. The number of rotatable bonds is 4. The van der Waals surface area contributed by atoms with Crippen LogP contribution in [0.2, 0.25) is 0 Å². The minimum absolute atomic E-state index is 0.00599. The lowest BCUT2D eigenvalue weighted by atomic mass is 10.1. The number of aliphatic hydroxyl groups is 1. The highest BCUT2D eigenvalue weighted by molar-refractivity contribution is 7.07. The first-order chi connectivity index (χ1) is 8.58. The molecule has 6 heteroatoms. The third-order valence-corrected chi connectivity index (χ3v) is 3.81. The minimum Gasteiger partial charge on any atom is -0.387 e. The van der Waals surface area contributed by atoms with Gasteiger partial charge in [-0.1, -0.05) is 0 Å². The molecule has 0 bridgehead atoms. The van der Waals surface area contributed by atoms with Crippen LogP contribution < -0.4 is 5.32 Å². The number of carbonyl (C=O) groups excluding carboxylic acids is 2. The summed E-state index contributed by atoms with van der Waals surface area (Å²) in [6.45, 7) is 0.642. The van der Waals surface area contributed by atoms with E-state index in [9.17, 15) is 14.7 Å². The fraction of sp³-hybridized carbons (Fsp3) is 0.500. The molecule has 2 unspecified atom stereocenters. The van der Waals surface area contributed by atoms with Crippen LogP contribution in [-0.2, 0) is 9.59 Å². The molecule has 5 nitrogen and oxygen atoms in total. The molecule has 0 saturated carbocycles. The molecule has 0 spiro atoms. The van der Waals surface area contributed by atoms with E-state index in [2.05, 4.69) is 5.32 Å². The summed E-state index contributed by atoms with van der Waals surface area (Å²) in [5.41, 5.74) is 0.805. The van der Waals surface area contributed by atoms with Gasteiger partial charge < -0.3 is 15.3 Å². The Kier molecular flexibility index (Phi) is 3.98. The number of aliphatic hydroxyl groups excluding tert-OH is 1. The summed E-state index contributed by atoms with van der Waals surface area (Å²) in [4.78, 5) is 24.7. The average molecular weight is 268 g/mol. The molecule has 1 fully saturated rings. The Bertz CT molecular complexity index is 433. The first-order valence-electron chi connectivity index (χ1n) is 5.79. The molecule has 18 heavy (non-hydrogen) atoms. The fourth-order valence-corrected chi connectivity index (χ4v) is 2.67. The summed E-state index contributed by atoms with van der Waals surface area (Å²) in [5.74, 6) is -0.465. The van der Waals surface area contributed by atoms with Crippen molar-refractivity contribution in [2.75, 3.05) is 20.1 Å². The first kappa shape index (κ1) is 13.0. The van der Waals surface area contributed by atoms with E-state index in [1.54, 1.807) is 11.9 Å². The maximum absolute atomic E-state index is 11.8. The summed E-state index contributed by atoms with van der Waals surface area (Å²) in [7, 11) is 1.69. The summed E-state index contributed by atoms with van der Waals surface area (Å²) in [5, 5.41) is 16.2. The van der Waals surface area contributed by atoms with E-state index < -0.39 is 6.10 Å². The molecular weight excluding hydrogens is 252 g/mol. The number of hydrogen-bond donors (Lipinski definition) is 2. The largest absolute Gasteiger partial charge is 0.387 e. The third kappa shape index (κ3) is 2.88. The number of thiophene rings is 1. The van der Waals surface area contributed by atoms with E-state index in [0.29, 0.717) is 6.54 Å². The molecule has 0 radical (unpaired) electrons. The normalized spacial score (nSPS) is 21.1. The van der Waals surface area contributed by atoms with Gasteiger partial charge in [-0.25, -0.2) is 0 Å². The lowest BCUT2D eigenvalue weighted by molar-refractivity contribution is -0.128. The van der Waals surface area contributed by atoms with Crippen LogP contribution >= 0.6 is 11.3 Å². The number of nitrogens with one attached hydrogen (secondary N) is 1. The van der Waals surface area contributed by atoms with Gasteiger partial charge in [-0.3, -0.25) is 9.59 Å². The van der Waals surface area contributed by atoms with Crippen LogP contribution in [0, 0.1) is 5.92 Å². The van der Waals surface area contributed by atoms with Gasteiger partial charge in [0.1, 0.15) is 0 Å². The number of carbonyl (C=O) groups is 2. The van der Waals surface area contributed by atoms with Crippen molar-refractivity contribution in [2.45, 2.75) is 12.5 Å². The maximum Gasteiger partial charge on any atom is 0.225 e. The van der Waals surface area contributed by atoms with Crippen molar-refractivity contribution in [2.24, 2.45) is 5.92 Å². The van der Waals surface area contributed by atoms with Crippen LogP contribution in [-0.4, -0.2) is 42.0 Å². The van der Waals surface area contributed by atoms with E-state index in [1.165, 1.54) is 11.3 Å². The molecule has 2 atom stereocenters. The predicted molar refractivity (Wildman–Crippen MR) is 68.0 cm³/mol. The monoisotopic (exact) mass is 268 g/mol. The van der Waals surface area contributed by atoms with Gasteiger partial charge in [-0.15, -0.1) is 0 Å². The van der Waals surface area contributed by atoms with Crippen LogP contribution in [0.3, 0.4) is 0 Å². The smallest absolute Gasteiger partial charge is 0.225 e. The van der Waals surface area contributed by atoms with Crippen LogP contribution in [0.25, 0.3) is 0 Å². The molecule has 1 aromatic heterocycles. The van der Waals surface area contributed by atoms with Gasteiger partial charge in [0.25, 0.3) is 0 Å². The molecule has 98 valence electrons. The molecule has 2 rings (SSSR count). The Hall–Kier alpha value is -1.40. The van der Waals surface area contributed by atoms with Crippen molar-refractivity contribution in [1.29, 1.82) is 0 Å². The van der Waals surface area contributed by atoms with Gasteiger partial charge in [-0.2, -0.15) is 11.3 Å². The molecule has 1 aliphatic rings. The van der Waals surface area contributed by atoms with Crippen molar-refractivity contribution in [3.8, 4) is 0 Å². The van der Waals surface area contributed by atoms with Crippen molar-refractivity contribution in [3.63, 3.8) is 0 Å². The third-order valence-electron chi connectivity index (χ3n) is 3.11. The lowest BCUT2D eigenvalue weighted by Gasteiger charge is -2.13. The molecular formula is C12H16N2O3S. The van der Waals surface area contributed by atoms with E-state index in [1.807, 2.05) is 16.8 Å². The average Bonchev–Trinajstić information content (AvgIpc) is 2.97. The van der Waals surface area contributed by atoms with E-state index in [4.69, 9.17) is 0 Å². The molecule has 0 aliphatic carbocycles. The second-order valence-electron chi connectivity index (χ2n) is 4.49. The maximum atomic E-state index is 11.8. The Labute approximate surface area is 109 Å². The summed E-state index contributed by atoms with van der Waals surface area (Å²) in [6.07, 6.45) is -0.424. The van der Waals surface area contributed by atoms with Gasteiger partial charge in [0.15, 0.2) is 0 Å². The summed E-state index contributed by atoms with van der Waals surface area (Å²) >= 11 is 1.50. The van der Waals surface area contributed by atoms with Gasteiger partial charge in [0, 0.05) is 26.6 Å². The summed E-state index contributed by atoms with van der Waals surface area (Å²) < 4.78 is 0. The molecule has 2 amide bonds. The van der Waals surface area contributed by atoms with Gasteiger partial charge in [0.2, 0.25) is 11.8 Å².